The number of hydrogen-bond donors (Lipinski definition) is 0. The van der Waals surface area contributed by atoms with Crippen LogP contribution in [0.15, 0.2) is 210 Å². The van der Waals surface area contributed by atoms with E-state index >= 15 is 0 Å². The minimum Gasteiger partial charge on any atom is -0.310 e. The highest BCUT2D eigenvalue weighted by Crippen LogP contribution is 2.70. The maximum absolute atomic E-state index is 2.78. The van der Waals surface area contributed by atoms with E-state index in [2.05, 4.69) is 200 Å². The first-order chi connectivity index (χ1) is 32.7. The Morgan fingerprint density at radius 3 is 2.33 bits per heavy atom. The number of allylic oxidation sites excluding steroid dienone is 18. The molecule has 0 radical (unpaired) electrons. The molecule has 0 bridgehead atoms. The number of hydrogen-bond acceptors (Lipinski definition) is 0. The highest BCUT2D eigenvalue weighted by atomic mass is 15.0. The van der Waals surface area contributed by atoms with Crippen molar-refractivity contribution in [2.45, 2.75) is 82.5 Å². The van der Waals surface area contributed by atoms with Gasteiger partial charge in [0.2, 0.25) is 0 Å². The van der Waals surface area contributed by atoms with E-state index in [0.29, 0.717) is 23.7 Å². The molecule has 7 aliphatic carbocycles. The van der Waals surface area contributed by atoms with Gasteiger partial charge in [0, 0.05) is 27.8 Å². The third kappa shape index (κ3) is 6.48. The molecule has 0 aliphatic heterocycles. The molecule has 5 unspecified atom stereocenters. The zero-order valence-corrected chi connectivity index (χ0v) is 38.3. The fraction of sp³-hybridized carbons (Fsp3) is 0.262. The van der Waals surface area contributed by atoms with Crippen LogP contribution in [0.5, 0.6) is 0 Å². The second-order valence-corrected chi connectivity index (χ2v) is 20.3. The normalized spacial score (nSPS) is 26.5. The first kappa shape index (κ1) is 39.9. The molecule has 1 spiro atoms. The van der Waals surface area contributed by atoms with Crippen LogP contribution in [0.25, 0.3) is 49.8 Å². The summed E-state index contributed by atoms with van der Waals surface area (Å²) in [7, 11) is 0. The molecule has 1 saturated carbocycles. The molecule has 0 amide bonds. The van der Waals surface area contributed by atoms with Gasteiger partial charge in [-0.05, 0) is 185 Å². The van der Waals surface area contributed by atoms with Gasteiger partial charge in [-0.2, -0.15) is 0 Å². The van der Waals surface area contributed by atoms with Crippen LogP contribution in [0.4, 0.5) is 0 Å². The largest absolute Gasteiger partial charge is 0.310 e. The van der Waals surface area contributed by atoms with Crippen molar-refractivity contribution < 1.29 is 0 Å². The number of para-hydroxylation sites is 1. The number of rotatable bonds is 8. The summed E-state index contributed by atoms with van der Waals surface area (Å²) in [6.07, 6.45) is 39.5. The lowest BCUT2D eigenvalue weighted by Gasteiger charge is -2.37. The Bertz CT molecular complexity index is 3220. The monoisotopic (exact) mass is 853 g/mol. The smallest absolute Gasteiger partial charge is 0.0541 e. The molecule has 1 heteroatoms. The second kappa shape index (κ2) is 16.2. The highest BCUT2D eigenvalue weighted by Gasteiger charge is 2.62. The quantitative estimate of drug-likeness (QED) is 0.144. The predicted molar refractivity (Wildman–Crippen MR) is 279 cm³/mol. The minimum atomic E-state index is 0.0786. The average molecular weight is 854 g/mol. The van der Waals surface area contributed by atoms with E-state index < -0.39 is 0 Å². The zero-order valence-electron chi connectivity index (χ0n) is 38.3. The van der Waals surface area contributed by atoms with Crippen molar-refractivity contribution in [1.82, 2.24) is 4.57 Å². The van der Waals surface area contributed by atoms with Crippen LogP contribution >= 0.6 is 0 Å². The molecule has 324 valence electrons. The van der Waals surface area contributed by atoms with Gasteiger partial charge in [0.15, 0.2) is 0 Å². The summed E-state index contributed by atoms with van der Waals surface area (Å²) in [5.74, 6) is 2.52. The highest BCUT2D eigenvalue weighted by molar-refractivity contribution is 6.12. The van der Waals surface area contributed by atoms with Crippen molar-refractivity contribution in [1.29, 1.82) is 0 Å². The maximum Gasteiger partial charge on any atom is 0.0541 e. The van der Waals surface area contributed by atoms with Crippen LogP contribution in [0.2, 0.25) is 0 Å². The summed E-state index contributed by atoms with van der Waals surface area (Å²) >= 11 is 0. The minimum absolute atomic E-state index is 0.0786. The summed E-state index contributed by atoms with van der Waals surface area (Å²) in [6.45, 7) is 2.44. The molecule has 6 aromatic rings. The Balaban J connectivity index is 0.896. The third-order valence-electron chi connectivity index (χ3n) is 16.8. The van der Waals surface area contributed by atoms with Gasteiger partial charge in [-0.3, -0.25) is 0 Å². The van der Waals surface area contributed by atoms with Crippen molar-refractivity contribution in [3.05, 3.63) is 233 Å². The van der Waals surface area contributed by atoms with E-state index in [-0.39, 0.29) is 11.3 Å². The molecule has 5 aromatic carbocycles. The molecule has 0 saturated heterocycles. The first-order valence-electron chi connectivity index (χ1n) is 25.2. The molecule has 1 fully saturated rings. The van der Waals surface area contributed by atoms with E-state index in [1.54, 1.807) is 33.4 Å². The van der Waals surface area contributed by atoms with E-state index in [1.165, 1.54) is 99.4 Å². The van der Waals surface area contributed by atoms with Gasteiger partial charge in [0.1, 0.15) is 0 Å². The lowest BCUT2D eigenvalue weighted by molar-refractivity contribution is 0.343. The van der Waals surface area contributed by atoms with Crippen molar-refractivity contribution in [2.75, 3.05) is 0 Å². The second-order valence-electron chi connectivity index (χ2n) is 20.3. The van der Waals surface area contributed by atoms with Gasteiger partial charge in [0.05, 0.1) is 11.0 Å². The topological polar surface area (TPSA) is 4.93 Å². The van der Waals surface area contributed by atoms with Crippen molar-refractivity contribution in [3.8, 4) is 11.1 Å². The number of aromatic nitrogens is 1. The van der Waals surface area contributed by atoms with Crippen LogP contribution < -0.4 is 0 Å². The van der Waals surface area contributed by atoms with Crippen molar-refractivity contribution in [3.63, 3.8) is 0 Å². The maximum atomic E-state index is 2.78. The lowest BCUT2D eigenvalue weighted by Crippen LogP contribution is -2.27. The van der Waals surface area contributed by atoms with Gasteiger partial charge in [0.25, 0.3) is 0 Å². The summed E-state index contributed by atoms with van der Waals surface area (Å²) < 4.78 is 2.52. The van der Waals surface area contributed by atoms with Crippen LogP contribution in [0.3, 0.4) is 0 Å². The third-order valence-corrected chi connectivity index (χ3v) is 16.8. The molecule has 13 rings (SSSR count). The van der Waals surface area contributed by atoms with Gasteiger partial charge < -0.3 is 4.57 Å². The van der Waals surface area contributed by atoms with Gasteiger partial charge >= 0.3 is 0 Å². The summed E-state index contributed by atoms with van der Waals surface area (Å²) in [6, 6.07) is 45.9. The Labute approximate surface area is 391 Å². The van der Waals surface area contributed by atoms with E-state index in [9.17, 15) is 0 Å². The van der Waals surface area contributed by atoms with Crippen LogP contribution in [-0.4, -0.2) is 4.57 Å². The SMILES string of the molecule is CCC1C(C2=CCCCC2)=CC(C2C[C@@]23C2=C(CCC=C2)c2cc(-c4ccc5c(c4)c4ccccc4n5C4=CC(c5ccccc5)CC(c5ccccc5)=C4)ccc23)=CC1C1C=CC=CC1. The molecular weight excluding hydrogens is 795 g/mol. The van der Waals surface area contributed by atoms with Crippen molar-refractivity contribution >= 4 is 38.6 Å². The molecule has 1 nitrogen and oxygen atoms in total. The van der Waals surface area contributed by atoms with E-state index in [4.69, 9.17) is 0 Å². The average Bonchev–Trinajstić information content (AvgIpc) is 3.98. The van der Waals surface area contributed by atoms with Crippen molar-refractivity contribution in [2.24, 2.45) is 23.7 Å². The molecule has 0 N–H and O–H groups in total. The molecule has 66 heavy (non-hydrogen) atoms. The van der Waals surface area contributed by atoms with Crippen LogP contribution in [0.1, 0.15) is 99.3 Å². The summed E-state index contributed by atoms with van der Waals surface area (Å²) in [4.78, 5) is 0. The van der Waals surface area contributed by atoms with E-state index in [1.807, 2.05) is 0 Å². The molecule has 7 aliphatic rings. The number of benzene rings is 5. The number of fused-ring (bicyclic) bond motifs is 7. The molecule has 1 heterocycles. The van der Waals surface area contributed by atoms with E-state index in [0.717, 1.165) is 25.7 Å². The fourth-order valence-corrected chi connectivity index (χ4v) is 13.6. The molecule has 1 aromatic heterocycles. The molecule has 6 atom stereocenters. The Kier molecular flexibility index (Phi) is 9.77. The Morgan fingerprint density at radius 2 is 1.50 bits per heavy atom. The number of nitrogens with zero attached hydrogens (tertiary/aromatic N) is 1. The zero-order chi connectivity index (χ0) is 43.8. The van der Waals surface area contributed by atoms with Crippen LogP contribution in [0, 0.1) is 23.7 Å². The Morgan fingerprint density at radius 1 is 0.682 bits per heavy atom. The summed E-state index contributed by atoms with van der Waals surface area (Å²) in [5, 5.41) is 2.61. The summed E-state index contributed by atoms with van der Waals surface area (Å²) in [5.41, 5.74) is 21.7. The predicted octanol–water partition coefficient (Wildman–Crippen LogP) is 17.1. The Hall–Kier alpha value is -6.44. The lowest BCUT2D eigenvalue weighted by atomic mass is 9.67. The standard InChI is InChI=1S/C65H59N/c1-2-53-56(45-23-11-5-12-24-45)40-51(41-57(53)46-25-13-6-14-26-46)62-42-65(62)60-29-17-15-27-54(60)58-38-47(31-33-61(58)65)48-32-34-64-59(39-48)55-28-16-18-30-63(55)66(64)52-36-49(43-19-7-3-8-20-43)35-50(37-52)44-21-9-4-10-22-44/h3-5,7-12,16-23,25,28-34,36-41,45,49,53,56,62H,2,6,13-15,24,26-27,35,42H2,1H3/t45?,49?,53?,56?,62?,65-/m0/s1. The first-order valence-corrected chi connectivity index (χ1v) is 25.2. The van der Waals surface area contributed by atoms with Gasteiger partial charge in [-0.1, -0.05) is 165 Å². The molecular formula is C65H59N. The fourth-order valence-electron chi connectivity index (χ4n) is 13.6. The van der Waals surface area contributed by atoms with Gasteiger partial charge in [-0.15, -0.1) is 0 Å². The van der Waals surface area contributed by atoms with Crippen LogP contribution in [-0.2, 0) is 5.41 Å². The van der Waals surface area contributed by atoms with Gasteiger partial charge in [-0.25, -0.2) is 0 Å².